The van der Waals surface area contributed by atoms with E-state index in [4.69, 9.17) is 0 Å². The molecule has 7 aromatic carbocycles. The van der Waals surface area contributed by atoms with Crippen molar-refractivity contribution >= 4 is 97.1 Å². The lowest BCUT2D eigenvalue weighted by Crippen LogP contribution is -2.10. The molecule has 0 spiro atoms. The van der Waals surface area contributed by atoms with Crippen LogP contribution in [0.3, 0.4) is 0 Å². The van der Waals surface area contributed by atoms with Crippen LogP contribution in [0, 0.1) is 6.92 Å². The van der Waals surface area contributed by atoms with Crippen LogP contribution in [0.5, 0.6) is 0 Å². The van der Waals surface area contributed by atoms with E-state index in [2.05, 4.69) is 181 Å². The van der Waals surface area contributed by atoms with E-state index in [0.717, 1.165) is 22.7 Å². The molecule has 0 aliphatic heterocycles. The molecule has 2 nitrogen and oxygen atoms in total. The molecule has 2 heterocycles. The smallest absolute Gasteiger partial charge is 0.0478 e. The van der Waals surface area contributed by atoms with Crippen molar-refractivity contribution in [2.24, 2.45) is 0 Å². The number of rotatable bonds is 6. The summed E-state index contributed by atoms with van der Waals surface area (Å²) in [6.07, 6.45) is 0. The van der Waals surface area contributed by atoms with Gasteiger partial charge in [-0.05, 0) is 97.4 Å². The third kappa shape index (κ3) is 4.85. The highest BCUT2D eigenvalue weighted by molar-refractivity contribution is 7.26. The Kier molecular flexibility index (Phi) is 6.77. The summed E-state index contributed by atoms with van der Waals surface area (Å²) in [6, 6.07) is 59.3. The van der Waals surface area contributed by atoms with Gasteiger partial charge in [0.1, 0.15) is 0 Å². The lowest BCUT2D eigenvalue weighted by atomic mass is 10.0. The molecule has 0 aliphatic carbocycles. The monoisotopic (exact) mass is 638 g/mol. The van der Waals surface area contributed by atoms with Crippen LogP contribution < -0.4 is 9.80 Å². The molecule has 0 amide bonds. The molecular formula is C43H30N2S2. The summed E-state index contributed by atoms with van der Waals surface area (Å²) >= 11 is 3.74. The van der Waals surface area contributed by atoms with Gasteiger partial charge >= 0.3 is 0 Å². The summed E-state index contributed by atoms with van der Waals surface area (Å²) in [4.78, 5) is 4.74. The minimum Gasteiger partial charge on any atom is -0.310 e. The van der Waals surface area contributed by atoms with Crippen LogP contribution in [-0.4, -0.2) is 0 Å². The average Bonchev–Trinajstić information content (AvgIpc) is 3.68. The van der Waals surface area contributed by atoms with E-state index in [9.17, 15) is 0 Å². The highest BCUT2D eigenvalue weighted by atomic mass is 32.1. The van der Waals surface area contributed by atoms with E-state index in [0.29, 0.717) is 0 Å². The molecule has 0 saturated heterocycles. The van der Waals surface area contributed by atoms with E-state index in [1.165, 1.54) is 57.3 Å². The molecule has 9 aromatic rings. The first kappa shape index (κ1) is 27.9. The standard InChI is InChI=1S/C43H30N2S2/c1-29-25-35(45(32-17-9-4-10-18-32)34-21-23-37-36-19-11-12-20-39(36)46-41(37)27-34)28-42-43(29)38-26-33(22-24-40(38)47-42)44(30-13-5-2-6-14-30)31-15-7-3-8-16-31/h2-28H,1H3. The van der Waals surface area contributed by atoms with Crippen molar-refractivity contribution in [1.82, 2.24) is 0 Å². The zero-order valence-electron chi connectivity index (χ0n) is 25.8. The first-order valence-electron chi connectivity index (χ1n) is 15.8. The maximum Gasteiger partial charge on any atom is 0.0478 e. The van der Waals surface area contributed by atoms with Crippen LogP contribution >= 0.6 is 22.7 Å². The molecule has 0 radical (unpaired) electrons. The molecule has 0 saturated carbocycles. The Labute approximate surface area is 282 Å². The first-order chi connectivity index (χ1) is 23.2. The van der Waals surface area contributed by atoms with Crippen molar-refractivity contribution in [3.8, 4) is 0 Å². The van der Waals surface area contributed by atoms with E-state index in [1.807, 2.05) is 22.7 Å². The SMILES string of the molecule is Cc1cc(N(c2ccccc2)c2ccc3c(c2)sc2ccccc23)cc2sc3ccc(N(c4ccccc4)c4ccccc4)cc3c12. The van der Waals surface area contributed by atoms with Crippen LogP contribution in [0.1, 0.15) is 5.56 Å². The lowest BCUT2D eigenvalue weighted by Gasteiger charge is -2.26. The second-order valence-corrected chi connectivity index (χ2v) is 14.0. The minimum absolute atomic E-state index is 1.14. The third-order valence-corrected chi connectivity index (χ3v) is 11.2. The zero-order chi connectivity index (χ0) is 31.3. The summed E-state index contributed by atoms with van der Waals surface area (Å²) in [7, 11) is 0. The number of benzene rings is 7. The third-order valence-electron chi connectivity index (χ3n) is 8.92. The summed E-state index contributed by atoms with van der Waals surface area (Å²) in [5.41, 5.74) is 8.20. The average molecular weight is 639 g/mol. The molecule has 0 bridgehead atoms. The summed E-state index contributed by atoms with van der Waals surface area (Å²) in [6.45, 7) is 2.26. The fourth-order valence-electron chi connectivity index (χ4n) is 6.83. The Morgan fingerprint density at radius 2 is 0.830 bits per heavy atom. The van der Waals surface area contributed by atoms with Crippen LogP contribution in [0.15, 0.2) is 164 Å². The number of hydrogen-bond acceptors (Lipinski definition) is 4. The van der Waals surface area contributed by atoms with Gasteiger partial charge in [0, 0.05) is 74.5 Å². The predicted molar refractivity (Wildman–Crippen MR) is 206 cm³/mol. The zero-order valence-corrected chi connectivity index (χ0v) is 27.4. The number of anilines is 6. The van der Waals surface area contributed by atoms with Crippen molar-refractivity contribution < 1.29 is 0 Å². The topological polar surface area (TPSA) is 6.48 Å². The molecule has 0 atom stereocenters. The molecular weight excluding hydrogens is 609 g/mol. The Morgan fingerprint density at radius 3 is 1.51 bits per heavy atom. The molecule has 4 heteroatoms. The predicted octanol–water partition coefficient (Wildman–Crippen LogP) is 13.7. The van der Waals surface area contributed by atoms with Crippen molar-refractivity contribution in [3.05, 3.63) is 169 Å². The summed E-state index contributed by atoms with van der Waals surface area (Å²) in [5.74, 6) is 0. The first-order valence-corrected chi connectivity index (χ1v) is 17.5. The largest absolute Gasteiger partial charge is 0.310 e. The van der Waals surface area contributed by atoms with E-state index < -0.39 is 0 Å². The van der Waals surface area contributed by atoms with Gasteiger partial charge in [-0.3, -0.25) is 0 Å². The van der Waals surface area contributed by atoms with Gasteiger partial charge < -0.3 is 9.80 Å². The van der Waals surface area contributed by atoms with Crippen molar-refractivity contribution in [3.63, 3.8) is 0 Å². The summed E-state index contributed by atoms with van der Waals surface area (Å²) in [5, 5.41) is 5.26. The second kappa shape index (κ2) is 11.4. The van der Waals surface area contributed by atoms with Gasteiger partial charge in [-0.2, -0.15) is 0 Å². The van der Waals surface area contributed by atoms with Crippen molar-refractivity contribution in [1.29, 1.82) is 0 Å². The summed E-state index contributed by atoms with van der Waals surface area (Å²) < 4.78 is 5.22. The van der Waals surface area contributed by atoms with Gasteiger partial charge in [-0.25, -0.2) is 0 Å². The molecule has 0 unspecified atom stereocenters. The molecule has 9 rings (SSSR count). The normalized spacial score (nSPS) is 11.5. The Hall–Kier alpha value is -5.42. The molecule has 0 aliphatic rings. The molecule has 0 N–H and O–H groups in total. The van der Waals surface area contributed by atoms with Crippen LogP contribution in [-0.2, 0) is 0 Å². The lowest BCUT2D eigenvalue weighted by molar-refractivity contribution is 1.29. The van der Waals surface area contributed by atoms with Crippen molar-refractivity contribution in [2.45, 2.75) is 6.92 Å². The highest BCUT2D eigenvalue weighted by Crippen LogP contribution is 2.45. The number of thiophene rings is 2. The highest BCUT2D eigenvalue weighted by Gasteiger charge is 2.19. The van der Waals surface area contributed by atoms with Crippen LogP contribution in [0.4, 0.5) is 34.1 Å². The van der Waals surface area contributed by atoms with Gasteiger partial charge in [-0.15, -0.1) is 22.7 Å². The van der Waals surface area contributed by atoms with E-state index in [-0.39, 0.29) is 0 Å². The van der Waals surface area contributed by atoms with E-state index in [1.54, 1.807) is 0 Å². The van der Waals surface area contributed by atoms with E-state index >= 15 is 0 Å². The minimum atomic E-state index is 1.14. The number of hydrogen-bond donors (Lipinski definition) is 0. The van der Waals surface area contributed by atoms with Gasteiger partial charge in [0.25, 0.3) is 0 Å². The maximum atomic E-state index is 2.40. The van der Waals surface area contributed by atoms with Crippen LogP contribution in [0.25, 0.3) is 40.3 Å². The molecule has 0 fully saturated rings. The number of nitrogens with zero attached hydrogens (tertiary/aromatic N) is 2. The Morgan fingerprint density at radius 1 is 0.340 bits per heavy atom. The number of para-hydroxylation sites is 3. The number of aryl methyl sites for hydroxylation is 1. The van der Waals surface area contributed by atoms with Gasteiger partial charge in [0.15, 0.2) is 0 Å². The van der Waals surface area contributed by atoms with Crippen LogP contribution in [0.2, 0.25) is 0 Å². The van der Waals surface area contributed by atoms with Crippen molar-refractivity contribution in [2.75, 3.05) is 9.80 Å². The molecule has 224 valence electrons. The number of fused-ring (bicyclic) bond motifs is 6. The Balaban J connectivity index is 1.20. The molecule has 47 heavy (non-hydrogen) atoms. The molecule has 2 aromatic heterocycles. The second-order valence-electron chi connectivity index (χ2n) is 11.9. The van der Waals surface area contributed by atoms with Gasteiger partial charge in [0.2, 0.25) is 0 Å². The fourth-order valence-corrected chi connectivity index (χ4v) is 9.17. The Bertz CT molecular complexity index is 2490. The van der Waals surface area contributed by atoms with Gasteiger partial charge in [-0.1, -0.05) is 78.9 Å². The fraction of sp³-hybridized carbons (Fsp3) is 0.0233. The maximum absolute atomic E-state index is 2.40. The quantitative estimate of drug-likeness (QED) is 0.179. The van der Waals surface area contributed by atoms with Gasteiger partial charge in [0.05, 0.1) is 0 Å².